The van der Waals surface area contributed by atoms with Crippen LogP contribution in [0.2, 0.25) is 0 Å². The first-order chi connectivity index (χ1) is 14.0. The lowest BCUT2D eigenvalue weighted by molar-refractivity contribution is -0.127. The Bertz CT molecular complexity index is 851. The van der Waals surface area contributed by atoms with Crippen molar-refractivity contribution in [2.45, 2.75) is 18.8 Å². The lowest BCUT2D eigenvalue weighted by Gasteiger charge is -2.40. The van der Waals surface area contributed by atoms with Crippen molar-refractivity contribution in [3.05, 3.63) is 48.3 Å². The number of nitrogens with zero attached hydrogens (tertiary/aromatic N) is 5. The molecule has 154 valence electrons. The molecule has 1 N–H and O–H groups in total. The lowest BCUT2D eigenvalue weighted by Crippen LogP contribution is -2.64. The molecule has 4 rings (SSSR count). The smallest absolute Gasteiger partial charge is 0.325 e. The average Bonchev–Trinajstić information content (AvgIpc) is 3.09. The zero-order valence-corrected chi connectivity index (χ0v) is 16.4. The van der Waals surface area contributed by atoms with Gasteiger partial charge >= 0.3 is 6.03 Å². The maximum Gasteiger partial charge on any atom is 0.325 e. The first kappa shape index (κ1) is 19.4. The molecule has 29 heavy (non-hydrogen) atoms. The molecule has 2 atom stereocenters. The van der Waals surface area contributed by atoms with Crippen molar-refractivity contribution in [2.75, 3.05) is 39.8 Å². The molecule has 2 saturated heterocycles. The van der Waals surface area contributed by atoms with Crippen LogP contribution in [-0.4, -0.2) is 89.5 Å². The van der Waals surface area contributed by atoms with E-state index < -0.39 is 18.2 Å². The SMILES string of the molecule is C=CCN1C(N2CCN(Cc3ccccc3F)CC2)=NC2C1C(=O)NC(=O)N2C. The highest BCUT2D eigenvalue weighted by molar-refractivity contribution is 6.03. The number of aliphatic imine (C=N–C) groups is 1. The van der Waals surface area contributed by atoms with Crippen LogP contribution < -0.4 is 5.32 Å². The van der Waals surface area contributed by atoms with Crippen molar-refractivity contribution in [2.24, 2.45) is 4.99 Å². The number of rotatable bonds is 4. The lowest BCUT2D eigenvalue weighted by atomic mass is 10.1. The van der Waals surface area contributed by atoms with Crippen molar-refractivity contribution >= 4 is 17.9 Å². The van der Waals surface area contributed by atoms with Crippen molar-refractivity contribution in [1.29, 1.82) is 0 Å². The summed E-state index contributed by atoms with van der Waals surface area (Å²) in [5, 5.41) is 2.39. The van der Waals surface area contributed by atoms with Crippen LogP contribution >= 0.6 is 0 Å². The summed E-state index contributed by atoms with van der Waals surface area (Å²) in [6.45, 7) is 7.75. The van der Waals surface area contributed by atoms with Gasteiger partial charge in [0.2, 0.25) is 0 Å². The molecule has 3 heterocycles. The molecule has 0 aromatic heterocycles. The van der Waals surface area contributed by atoms with E-state index in [1.54, 1.807) is 19.2 Å². The maximum atomic E-state index is 13.9. The highest BCUT2D eigenvalue weighted by Gasteiger charge is 2.49. The van der Waals surface area contributed by atoms with Crippen LogP contribution in [0.4, 0.5) is 9.18 Å². The van der Waals surface area contributed by atoms with Crippen LogP contribution in [0, 0.1) is 5.82 Å². The van der Waals surface area contributed by atoms with Crippen molar-refractivity contribution in [3.8, 4) is 0 Å². The van der Waals surface area contributed by atoms with Gasteiger partial charge in [-0.05, 0) is 6.07 Å². The van der Waals surface area contributed by atoms with Gasteiger partial charge in [-0.15, -0.1) is 6.58 Å². The van der Waals surface area contributed by atoms with E-state index in [1.165, 1.54) is 11.0 Å². The Morgan fingerprint density at radius 2 is 1.97 bits per heavy atom. The third-order valence-corrected chi connectivity index (χ3v) is 5.67. The Hall–Kier alpha value is -2.94. The fraction of sp³-hybridized carbons (Fsp3) is 0.450. The second-order valence-corrected chi connectivity index (χ2v) is 7.49. The van der Waals surface area contributed by atoms with E-state index in [0.717, 1.165) is 13.1 Å². The molecule has 8 nitrogen and oxygen atoms in total. The van der Waals surface area contributed by atoms with Gasteiger partial charge in [-0.25, -0.2) is 14.2 Å². The van der Waals surface area contributed by atoms with Crippen LogP contribution in [0.15, 0.2) is 41.9 Å². The number of hydrogen-bond acceptors (Lipinski definition) is 6. The predicted octanol–water partition coefficient (Wildman–Crippen LogP) is 0.677. The molecule has 3 aliphatic heterocycles. The van der Waals surface area contributed by atoms with Gasteiger partial charge < -0.3 is 14.7 Å². The van der Waals surface area contributed by atoms with Crippen LogP contribution in [0.1, 0.15) is 5.56 Å². The van der Waals surface area contributed by atoms with Gasteiger partial charge in [0.15, 0.2) is 18.2 Å². The van der Waals surface area contributed by atoms with Crippen LogP contribution in [0.5, 0.6) is 0 Å². The molecule has 2 unspecified atom stereocenters. The van der Waals surface area contributed by atoms with Crippen LogP contribution in [-0.2, 0) is 11.3 Å². The van der Waals surface area contributed by atoms with E-state index in [4.69, 9.17) is 4.99 Å². The van der Waals surface area contributed by atoms with E-state index in [-0.39, 0.29) is 11.7 Å². The maximum absolute atomic E-state index is 13.9. The normalized spacial score (nSPS) is 25.0. The van der Waals surface area contributed by atoms with Gasteiger partial charge in [0, 0.05) is 51.9 Å². The number of fused-ring (bicyclic) bond motifs is 1. The number of likely N-dealkylation sites (N-methyl/N-ethyl adjacent to an activating group) is 1. The monoisotopic (exact) mass is 400 g/mol. The van der Waals surface area contributed by atoms with E-state index >= 15 is 0 Å². The van der Waals surface area contributed by atoms with E-state index in [0.29, 0.717) is 37.7 Å². The number of imide groups is 1. The predicted molar refractivity (Wildman–Crippen MR) is 106 cm³/mol. The first-order valence-corrected chi connectivity index (χ1v) is 9.73. The summed E-state index contributed by atoms with van der Waals surface area (Å²) in [7, 11) is 1.64. The van der Waals surface area contributed by atoms with Gasteiger partial charge in [0.25, 0.3) is 5.91 Å². The zero-order valence-electron chi connectivity index (χ0n) is 16.4. The summed E-state index contributed by atoms with van der Waals surface area (Å²) in [5.41, 5.74) is 0.690. The molecule has 3 aliphatic rings. The van der Waals surface area contributed by atoms with Gasteiger partial charge in [-0.3, -0.25) is 15.0 Å². The molecule has 0 saturated carbocycles. The van der Waals surface area contributed by atoms with Gasteiger partial charge in [0.1, 0.15) is 5.82 Å². The Balaban J connectivity index is 1.46. The van der Waals surface area contributed by atoms with Crippen LogP contribution in [0.25, 0.3) is 0 Å². The topological polar surface area (TPSA) is 71.5 Å². The highest BCUT2D eigenvalue weighted by atomic mass is 19.1. The third kappa shape index (κ3) is 3.57. The van der Waals surface area contributed by atoms with Gasteiger partial charge in [0.05, 0.1) is 0 Å². The van der Waals surface area contributed by atoms with Gasteiger partial charge in [-0.1, -0.05) is 24.3 Å². The summed E-state index contributed by atoms with van der Waals surface area (Å²) in [5.74, 6) is 0.189. The second-order valence-electron chi connectivity index (χ2n) is 7.49. The van der Waals surface area contributed by atoms with E-state index in [2.05, 4.69) is 21.7 Å². The molecule has 0 aliphatic carbocycles. The Morgan fingerprint density at radius 3 is 2.66 bits per heavy atom. The van der Waals surface area contributed by atoms with Crippen LogP contribution in [0.3, 0.4) is 0 Å². The number of amides is 3. The number of hydrogen-bond donors (Lipinski definition) is 1. The minimum absolute atomic E-state index is 0.185. The van der Waals surface area contributed by atoms with E-state index in [1.807, 2.05) is 17.0 Å². The molecule has 0 spiro atoms. The summed E-state index contributed by atoms with van der Waals surface area (Å²) in [4.78, 5) is 36.9. The molecule has 0 bridgehead atoms. The molecule has 0 radical (unpaired) electrons. The number of nitrogens with one attached hydrogen (secondary N) is 1. The fourth-order valence-corrected chi connectivity index (χ4v) is 4.08. The number of urea groups is 1. The zero-order chi connectivity index (χ0) is 20.5. The van der Waals surface area contributed by atoms with Crippen molar-refractivity contribution < 1.29 is 14.0 Å². The second kappa shape index (κ2) is 7.82. The number of halogens is 1. The Labute approximate surface area is 169 Å². The van der Waals surface area contributed by atoms with Gasteiger partial charge in [-0.2, -0.15) is 0 Å². The minimum Gasteiger partial charge on any atom is -0.340 e. The standard InChI is InChI=1S/C20H25FN6O2/c1-3-8-27-16-17(24(2)20(29)23-18(16)28)22-19(27)26-11-9-25(10-12-26)13-14-6-4-5-7-15(14)21/h3-7,16-17H,1,8-13H2,2H3,(H,23,28,29). The number of guanidine groups is 1. The van der Waals surface area contributed by atoms with Crippen molar-refractivity contribution in [1.82, 2.24) is 24.9 Å². The quantitative estimate of drug-likeness (QED) is 0.753. The summed E-state index contributed by atoms with van der Waals surface area (Å²) < 4.78 is 13.9. The average molecular weight is 400 g/mol. The largest absolute Gasteiger partial charge is 0.340 e. The molecule has 9 heteroatoms. The third-order valence-electron chi connectivity index (χ3n) is 5.67. The highest BCUT2D eigenvalue weighted by Crippen LogP contribution is 2.26. The fourth-order valence-electron chi connectivity index (χ4n) is 4.08. The minimum atomic E-state index is -0.554. The summed E-state index contributed by atoms with van der Waals surface area (Å²) in [6, 6.07) is 5.85. The molecule has 2 fully saturated rings. The number of piperazine rings is 1. The summed E-state index contributed by atoms with van der Waals surface area (Å²) >= 11 is 0. The first-order valence-electron chi connectivity index (χ1n) is 9.73. The molecular formula is C20H25FN6O2. The molecule has 3 amide bonds. The number of benzene rings is 1. The number of carbonyl (C=O) groups excluding carboxylic acids is 2. The number of carbonyl (C=O) groups is 2. The van der Waals surface area contributed by atoms with E-state index in [9.17, 15) is 14.0 Å². The van der Waals surface area contributed by atoms with Crippen molar-refractivity contribution in [3.63, 3.8) is 0 Å². The molecule has 1 aromatic rings. The molecular weight excluding hydrogens is 375 g/mol. The molecule has 1 aromatic carbocycles. The Morgan fingerprint density at radius 1 is 1.24 bits per heavy atom. The summed E-state index contributed by atoms with van der Waals surface area (Å²) in [6.07, 6.45) is 1.19. The Kier molecular flexibility index (Phi) is 5.23.